The molecule has 0 radical (unpaired) electrons. The third-order valence-corrected chi connectivity index (χ3v) is 6.08. The molecule has 3 N–H and O–H groups in total. The van der Waals surface area contributed by atoms with Crippen LogP contribution in [0.3, 0.4) is 0 Å². The molecule has 2 atom stereocenters. The van der Waals surface area contributed by atoms with E-state index >= 15 is 0 Å². The van der Waals surface area contributed by atoms with E-state index in [1.807, 2.05) is 0 Å². The summed E-state index contributed by atoms with van der Waals surface area (Å²) in [7, 11) is 0. The number of hydrogen-bond acceptors (Lipinski definition) is 4. The number of aliphatic carboxylic acids is 1. The van der Waals surface area contributed by atoms with Gasteiger partial charge in [0, 0.05) is 12.2 Å². The van der Waals surface area contributed by atoms with Gasteiger partial charge in [-0.2, -0.15) is 5.10 Å². The van der Waals surface area contributed by atoms with Gasteiger partial charge in [0.25, 0.3) is 5.91 Å². The zero-order chi connectivity index (χ0) is 20.1. The minimum absolute atomic E-state index is 0.0683. The number of carbonyl (C=O) groups excluding carboxylic acids is 2. The molecule has 1 aromatic rings. The second-order valence-corrected chi connectivity index (χ2v) is 8.34. The molecule has 1 heterocycles. The highest BCUT2D eigenvalue weighted by Gasteiger charge is 2.42. The predicted octanol–water partition coefficient (Wildman–Crippen LogP) is 2.10. The van der Waals surface area contributed by atoms with E-state index in [9.17, 15) is 19.5 Å². The maximum atomic E-state index is 12.6. The SMILES string of the molecule is CC1(NC(=O)c2cnn(CC(=O)NC3CCCCC3)c2)CCCCC1C(=O)O. The van der Waals surface area contributed by atoms with Gasteiger partial charge >= 0.3 is 5.97 Å². The first-order valence-electron chi connectivity index (χ1n) is 10.2. The first-order chi connectivity index (χ1) is 13.4. The number of aromatic nitrogens is 2. The summed E-state index contributed by atoms with van der Waals surface area (Å²) in [5.41, 5.74) is -0.442. The van der Waals surface area contributed by atoms with E-state index < -0.39 is 17.4 Å². The molecule has 8 nitrogen and oxygen atoms in total. The lowest BCUT2D eigenvalue weighted by Gasteiger charge is -2.39. The van der Waals surface area contributed by atoms with Crippen molar-refractivity contribution >= 4 is 17.8 Å². The molecule has 0 aliphatic heterocycles. The second kappa shape index (κ2) is 8.75. The van der Waals surface area contributed by atoms with Crippen molar-refractivity contribution in [2.24, 2.45) is 5.92 Å². The Kier molecular flexibility index (Phi) is 6.36. The molecular weight excluding hydrogens is 360 g/mol. The van der Waals surface area contributed by atoms with Gasteiger partial charge in [0.2, 0.25) is 5.91 Å². The third-order valence-electron chi connectivity index (χ3n) is 6.08. The lowest BCUT2D eigenvalue weighted by molar-refractivity contribution is -0.145. The summed E-state index contributed by atoms with van der Waals surface area (Å²) in [5, 5.41) is 19.5. The van der Waals surface area contributed by atoms with Crippen LogP contribution in [0.4, 0.5) is 0 Å². The third kappa shape index (κ3) is 4.91. The number of carboxylic acids is 1. The average molecular weight is 390 g/mol. The lowest BCUT2D eigenvalue weighted by Crippen LogP contribution is -2.55. The molecule has 2 unspecified atom stereocenters. The van der Waals surface area contributed by atoms with Crippen LogP contribution in [0, 0.1) is 5.92 Å². The summed E-state index contributed by atoms with van der Waals surface area (Å²) < 4.78 is 1.45. The molecule has 2 aliphatic rings. The number of rotatable bonds is 6. The number of amides is 2. The number of nitrogens with zero attached hydrogens (tertiary/aromatic N) is 2. The Hall–Kier alpha value is -2.38. The van der Waals surface area contributed by atoms with Gasteiger partial charge in [0.15, 0.2) is 0 Å². The first kappa shape index (κ1) is 20.4. The van der Waals surface area contributed by atoms with E-state index in [0.717, 1.165) is 38.5 Å². The fourth-order valence-electron chi connectivity index (χ4n) is 4.45. The van der Waals surface area contributed by atoms with E-state index in [2.05, 4.69) is 15.7 Å². The molecule has 8 heteroatoms. The fourth-order valence-corrected chi connectivity index (χ4v) is 4.45. The van der Waals surface area contributed by atoms with Crippen LogP contribution in [-0.2, 0) is 16.1 Å². The molecule has 2 aliphatic carbocycles. The summed E-state index contributed by atoms with van der Waals surface area (Å²) in [6.07, 6.45) is 11.5. The Bertz CT molecular complexity index is 726. The van der Waals surface area contributed by atoms with E-state index in [-0.39, 0.29) is 24.4 Å². The molecule has 154 valence electrons. The molecule has 2 amide bonds. The summed E-state index contributed by atoms with van der Waals surface area (Å²) >= 11 is 0. The van der Waals surface area contributed by atoms with E-state index in [4.69, 9.17) is 0 Å². The van der Waals surface area contributed by atoms with Crippen molar-refractivity contribution in [1.82, 2.24) is 20.4 Å². The average Bonchev–Trinajstić information content (AvgIpc) is 3.10. The van der Waals surface area contributed by atoms with Crippen LogP contribution in [0.5, 0.6) is 0 Å². The Morgan fingerprint density at radius 2 is 1.89 bits per heavy atom. The molecule has 2 saturated carbocycles. The number of nitrogens with one attached hydrogen (secondary N) is 2. The predicted molar refractivity (Wildman–Crippen MR) is 103 cm³/mol. The Morgan fingerprint density at radius 1 is 1.18 bits per heavy atom. The van der Waals surface area contributed by atoms with Crippen molar-refractivity contribution in [3.05, 3.63) is 18.0 Å². The van der Waals surface area contributed by atoms with Crippen LogP contribution in [0.1, 0.15) is 75.1 Å². The summed E-state index contributed by atoms with van der Waals surface area (Å²) in [5.74, 6) is -1.93. The van der Waals surface area contributed by atoms with Crippen molar-refractivity contribution < 1.29 is 19.5 Å². The first-order valence-corrected chi connectivity index (χ1v) is 10.2. The summed E-state index contributed by atoms with van der Waals surface area (Å²) in [4.78, 5) is 36.4. The zero-order valence-corrected chi connectivity index (χ0v) is 16.4. The Balaban J connectivity index is 1.57. The molecule has 0 saturated heterocycles. The standard InChI is InChI=1S/C20H30N4O4/c1-20(10-6-5-9-16(20)19(27)28)23-18(26)14-11-21-24(12-14)13-17(25)22-15-7-3-2-4-8-15/h11-12,15-16H,2-10,13H2,1H3,(H,22,25)(H,23,26)(H,27,28). The van der Waals surface area contributed by atoms with Gasteiger partial charge in [-0.1, -0.05) is 32.1 Å². The molecule has 28 heavy (non-hydrogen) atoms. The fraction of sp³-hybridized carbons (Fsp3) is 0.700. The highest BCUT2D eigenvalue weighted by molar-refractivity contribution is 5.94. The van der Waals surface area contributed by atoms with Crippen molar-refractivity contribution in [3.8, 4) is 0 Å². The van der Waals surface area contributed by atoms with Crippen molar-refractivity contribution in [1.29, 1.82) is 0 Å². The van der Waals surface area contributed by atoms with Crippen LogP contribution < -0.4 is 10.6 Å². The lowest BCUT2D eigenvalue weighted by atomic mass is 9.74. The largest absolute Gasteiger partial charge is 0.481 e. The zero-order valence-electron chi connectivity index (χ0n) is 16.4. The highest BCUT2D eigenvalue weighted by Crippen LogP contribution is 2.34. The van der Waals surface area contributed by atoms with E-state index in [1.54, 1.807) is 6.92 Å². The summed E-state index contributed by atoms with van der Waals surface area (Å²) in [6.45, 7) is 1.86. The molecule has 0 bridgehead atoms. The summed E-state index contributed by atoms with van der Waals surface area (Å²) in [6, 6.07) is 0.235. The van der Waals surface area contributed by atoms with Crippen molar-refractivity contribution in [2.75, 3.05) is 0 Å². The van der Waals surface area contributed by atoms with Gasteiger partial charge in [-0.15, -0.1) is 0 Å². The molecular formula is C20H30N4O4. The monoisotopic (exact) mass is 390 g/mol. The van der Waals surface area contributed by atoms with Gasteiger partial charge in [0.1, 0.15) is 6.54 Å². The normalized spacial score (nSPS) is 25.8. The Morgan fingerprint density at radius 3 is 2.61 bits per heavy atom. The molecule has 3 rings (SSSR count). The molecule has 2 fully saturated rings. The molecule has 0 spiro atoms. The van der Waals surface area contributed by atoms with Crippen LogP contribution in [0.2, 0.25) is 0 Å². The van der Waals surface area contributed by atoms with Crippen LogP contribution in [-0.4, -0.2) is 44.3 Å². The van der Waals surface area contributed by atoms with Gasteiger partial charge in [-0.25, -0.2) is 0 Å². The van der Waals surface area contributed by atoms with Gasteiger partial charge < -0.3 is 15.7 Å². The number of carboxylic acid groups (broad SMARTS) is 1. The number of hydrogen-bond donors (Lipinski definition) is 3. The van der Waals surface area contributed by atoms with Gasteiger partial charge in [-0.3, -0.25) is 19.1 Å². The van der Waals surface area contributed by atoms with E-state index in [1.165, 1.54) is 23.5 Å². The maximum absolute atomic E-state index is 12.6. The minimum atomic E-state index is -0.877. The smallest absolute Gasteiger partial charge is 0.308 e. The Labute approximate surface area is 165 Å². The highest BCUT2D eigenvalue weighted by atomic mass is 16.4. The molecule has 0 aromatic carbocycles. The van der Waals surface area contributed by atoms with Crippen LogP contribution in [0.15, 0.2) is 12.4 Å². The number of carbonyl (C=O) groups is 3. The van der Waals surface area contributed by atoms with Crippen LogP contribution in [0.25, 0.3) is 0 Å². The quantitative estimate of drug-likeness (QED) is 0.688. The van der Waals surface area contributed by atoms with Crippen molar-refractivity contribution in [2.45, 2.75) is 82.8 Å². The van der Waals surface area contributed by atoms with Crippen molar-refractivity contribution in [3.63, 3.8) is 0 Å². The minimum Gasteiger partial charge on any atom is -0.481 e. The second-order valence-electron chi connectivity index (χ2n) is 8.34. The molecule has 1 aromatic heterocycles. The van der Waals surface area contributed by atoms with Crippen LogP contribution >= 0.6 is 0 Å². The maximum Gasteiger partial charge on any atom is 0.308 e. The van der Waals surface area contributed by atoms with E-state index in [0.29, 0.717) is 18.4 Å². The topological polar surface area (TPSA) is 113 Å². The van der Waals surface area contributed by atoms with Gasteiger partial charge in [-0.05, 0) is 32.6 Å². The van der Waals surface area contributed by atoms with Gasteiger partial charge in [0.05, 0.1) is 23.2 Å².